The van der Waals surface area contributed by atoms with Gasteiger partial charge in [-0.05, 0) is 68.2 Å². The highest BCUT2D eigenvalue weighted by atomic mass is 16.3. The van der Waals surface area contributed by atoms with Crippen molar-refractivity contribution in [3.63, 3.8) is 0 Å². The molecule has 1 aromatic rings. The first-order valence-electron chi connectivity index (χ1n) is 9.44. The lowest BCUT2D eigenvalue weighted by molar-refractivity contribution is -0.119. The maximum absolute atomic E-state index is 10.9. The van der Waals surface area contributed by atoms with Crippen molar-refractivity contribution in [2.45, 2.75) is 51.5 Å². The van der Waals surface area contributed by atoms with Gasteiger partial charge in [-0.15, -0.1) is 0 Å². The Bertz CT molecular complexity index is 553. The summed E-state index contributed by atoms with van der Waals surface area (Å²) >= 11 is 0. The van der Waals surface area contributed by atoms with Gasteiger partial charge >= 0.3 is 0 Å². The predicted octanol–water partition coefficient (Wildman–Crippen LogP) is 2.83. The van der Waals surface area contributed by atoms with Crippen LogP contribution >= 0.6 is 0 Å². The number of phenolic OH excluding ortho intramolecular Hbond substituents is 1. The summed E-state index contributed by atoms with van der Waals surface area (Å²) in [4.78, 5) is 15.5. The molecule has 1 aliphatic heterocycles. The van der Waals surface area contributed by atoms with Crippen molar-refractivity contribution in [2.24, 2.45) is 5.92 Å². The van der Waals surface area contributed by atoms with E-state index in [4.69, 9.17) is 0 Å². The number of hydrogen-bond acceptors (Lipinski definition) is 3. The fourth-order valence-electron chi connectivity index (χ4n) is 4.36. The van der Waals surface area contributed by atoms with Crippen LogP contribution in [0.5, 0.6) is 5.75 Å². The molecule has 1 amide bonds. The summed E-state index contributed by atoms with van der Waals surface area (Å²) in [5.41, 5.74) is 2.48. The Morgan fingerprint density at radius 2 is 2.08 bits per heavy atom. The summed E-state index contributed by atoms with van der Waals surface area (Å²) in [5.74, 6) is 1.17. The van der Waals surface area contributed by atoms with Gasteiger partial charge in [0.2, 0.25) is 6.41 Å². The zero-order chi connectivity index (χ0) is 16.9. The number of aromatic hydroxyl groups is 1. The molecule has 0 bridgehead atoms. The Morgan fingerprint density at radius 1 is 1.29 bits per heavy atom. The maximum Gasteiger partial charge on any atom is 0.209 e. The molecule has 2 aliphatic rings. The van der Waals surface area contributed by atoms with Crippen molar-refractivity contribution in [1.29, 1.82) is 0 Å². The van der Waals surface area contributed by atoms with E-state index in [9.17, 15) is 9.90 Å². The second-order valence-corrected chi connectivity index (χ2v) is 7.39. The molecule has 0 radical (unpaired) electrons. The lowest BCUT2D eigenvalue weighted by Gasteiger charge is -2.39. The second kappa shape index (κ2) is 8.02. The summed E-state index contributed by atoms with van der Waals surface area (Å²) in [6.07, 6.45) is 7.60. The number of piperidine rings is 1. The highest BCUT2D eigenvalue weighted by Gasteiger charge is 2.28. The van der Waals surface area contributed by atoms with Gasteiger partial charge in [-0.2, -0.15) is 0 Å². The van der Waals surface area contributed by atoms with Crippen LogP contribution in [0.3, 0.4) is 0 Å². The Hall–Kier alpha value is -1.55. The fourth-order valence-corrected chi connectivity index (χ4v) is 4.36. The molecule has 0 spiro atoms. The molecule has 3 rings (SSSR count). The third-order valence-electron chi connectivity index (χ3n) is 5.75. The first kappa shape index (κ1) is 17.3. The zero-order valence-corrected chi connectivity index (χ0v) is 14.8. The largest absolute Gasteiger partial charge is 0.508 e. The number of hydrogen-bond donors (Lipinski definition) is 1. The van der Waals surface area contributed by atoms with Gasteiger partial charge in [0, 0.05) is 25.7 Å². The van der Waals surface area contributed by atoms with E-state index in [1.807, 2.05) is 17.0 Å². The molecule has 1 saturated heterocycles. The summed E-state index contributed by atoms with van der Waals surface area (Å²) in [5, 5.41) is 10.0. The third kappa shape index (κ3) is 3.92. The monoisotopic (exact) mass is 330 g/mol. The average Bonchev–Trinajstić information content (AvgIpc) is 2.62. The molecule has 4 nitrogen and oxygen atoms in total. The van der Waals surface area contributed by atoms with Crippen LogP contribution in [-0.2, 0) is 17.6 Å². The molecule has 1 N–H and O–H groups in total. The zero-order valence-electron chi connectivity index (χ0n) is 14.8. The molecule has 24 heavy (non-hydrogen) atoms. The van der Waals surface area contributed by atoms with Gasteiger partial charge in [0.25, 0.3) is 0 Å². The number of nitrogens with zero attached hydrogens (tertiary/aromatic N) is 2. The van der Waals surface area contributed by atoms with Crippen LogP contribution in [0.2, 0.25) is 0 Å². The molecule has 4 heteroatoms. The van der Waals surface area contributed by atoms with Gasteiger partial charge in [-0.1, -0.05) is 19.1 Å². The smallest absolute Gasteiger partial charge is 0.209 e. The maximum atomic E-state index is 10.9. The molecule has 1 aromatic carbocycles. The minimum Gasteiger partial charge on any atom is -0.508 e. The summed E-state index contributed by atoms with van der Waals surface area (Å²) in [6.45, 7) is 6.38. The lowest BCUT2D eigenvalue weighted by atomic mass is 9.86. The minimum atomic E-state index is 0.467. The summed E-state index contributed by atoms with van der Waals surface area (Å²) < 4.78 is 0. The van der Waals surface area contributed by atoms with Crippen LogP contribution in [0.1, 0.15) is 43.7 Å². The molecular formula is C20H30N2O2. The first-order valence-corrected chi connectivity index (χ1v) is 9.44. The summed E-state index contributed by atoms with van der Waals surface area (Å²) in [7, 11) is 0. The quantitative estimate of drug-likeness (QED) is 0.816. The average molecular weight is 330 g/mol. The van der Waals surface area contributed by atoms with Gasteiger partial charge in [-0.25, -0.2) is 0 Å². The van der Waals surface area contributed by atoms with Crippen molar-refractivity contribution in [1.82, 2.24) is 9.80 Å². The Balaban J connectivity index is 1.63. The van der Waals surface area contributed by atoms with Gasteiger partial charge in [0.05, 0.1) is 0 Å². The highest BCUT2D eigenvalue weighted by molar-refractivity contribution is 5.47. The van der Waals surface area contributed by atoms with Crippen molar-refractivity contribution < 1.29 is 9.90 Å². The van der Waals surface area contributed by atoms with Gasteiger partial charge in [0.1, 0.15) is 5.75 Å². The lowest BCUT2D eigenvalue weighted by Crippen LogP contribution is -2.44. The van der Waals surface area contributed by atoms with Gasteiger partial charge in [-0.3, -0.25) is 9.69 Å². The topological polar surface area (TPSA) is 43.8 Å². The normalized spacial score (nSPS) is 21.8. The molecule has 1 aliphatic carbocycles. The molecule has 1 atom stereocenters. The van der Waals surface area contributed by atoms with E-state index in [0.717, 1.165) is 70.3 Å². The van der Waals surface area contributed by atoms with Crippen molar-refractivity contribution in [3.05, 3.63) is 29.3 Å². The van der Waals surface area contributed by atoms with E-state index >= 15 is 0 Å². The van der Waals surface area contributed by atoms with Crippen LogP contribution in [0.4, 0.5) is 0 Å². The minimum absolute atomic E-state index is 0.467. The number of amides is 1. The number of fused-ring (bicyclic) bond motifs is 1. The standard InChI is InChI=1S/C20H30N2O2/c1-2-10-22(14-16-8-11-21(15-23)12-9-16)18-6-7-19-17(13-18)4-3-5-20(19)24/h3-5,15-16,18,24H,2,6-14H2,1H3. The molecule has 0 saturated carbocycles. The number of rotatable bonds is 6. The van der Waals surface area contributed by atoms with E-state index in [-0.39, 0.29) is 0 Å². The molecule has 1 unspecified atom stereocenters. The van der Waals surface area contributed by atoms with E-state index in [1.165, 1.54) is 12.0 Å². The molecule has 0 aromatic heterocycles. The number of carbonyl (C=O) groups is 1. The number of likely N-dealkylation sites (tertiary alicyclic amines) is 1. The molecule has 132 valence electrons. The van der Waals surface area contributed by atoms with Crippen LogP contribution in [-0.4, -0.2) is 53.5 Å². The Labute approximate surface area is 145 Å². The third-order valence-corrected chi connectivity index (χ3v) is 5.75. The van der Waals surface area contributed by atoms with Gasteiger partial charge < -0.3 is 10.0 Å². The first-order chi connectivity index (χ1) is 11.7. The van der Waals surface area contributed by atoms with Crippen LogP contribution < -0.4 is 0 Å². The second-order valence-electron chi connectivity index (χ2n) is 7.39. The van der Waals surface area contributed by atoms with Crippen molar-refractivity contribution in [2.75, 3.05) is 26.2 Å². The van der Waals surface area contributed by atoms with Crippen LogP contribution in [0, 0.1) is 5.92 Å². The van der Waals surface area contributed by atoms with Crippen molar-refractivity contribution >= 4 is 6.41 Å². The summed E-state index contributed by atoms with van der Waals surface area (Å²) in [6, 6.07) is 6.54. The molecular weight excluding hydrogens is 300 g/mol. The molecule has 1 fully saturated rings. The number of carbonyl (C=O) groups excluding carboxylic acids is 1. The predicted molar refractivity (Wildman–Crippen MR) is 96.1 cm³/mol. The molecule has 1 heterocycles. The Kier molecular flexibility index (Phi) is 5.77. The highest BCUT2D eigenvalue weighted by Crippen LogP contribution is 2.31. The van der Waals surface area contributed by atoms with Gasteiger partial charge in [0.15, 0.2) is 0 Å². The van der Waals surface area contributed by atoms with E-state index < -0.39 is 0 Å². The number of benzene rings is 1. The van der Waals surface area contributed by atoms with Crippen molar-refractivity contribution in [3.8, 4) is 5.75 Å². The SMILES string of the molecule is CCCN(CC1CCN(C=O)CC1)C1CCc2c(O)cccc2C1. The fraction of sp³-hybridized carbons (Fsp3) is 0.650. The number of phenols is 1. The Morgan fingerprint density at radius 3 is 2.79 bits per heavy atom. The van der Waals surface area contributed by atoms with E-state index in [0.29, 0.717) is 17.7 Å². The van der Waals surface area contributed by atoms with E-state index in [1.54, 1.807) is 0 Å². The van der Waals surface area contributed by atoms with Crippen LogP contribution in [0.25, 0.3) is 0 Å². The van der Waals surface area contributed by atoms with E-state index in [2.05, 4.69) is 17.9 Å². The van der Waals surface area contributed by atoms with Crippen LogP contribution in [0.15, 0.2) is 18.2 Å².